The van der Waals surface area contributed by atoms with Gasteiger partial charge in [-0.05, 0) is 43.3 Å². The summed E-state index contributed by atoms with van der Waals surface area (Å²) in [5, 5.41) is 0.975. The maximum absolute atomic E-state index is 12.7. The first kappa shape index (κ1) is 20.1. The van der Waals surface area contributed by atoms with Gasteiger partial charge in [-0.1, -0.05) is 35.9 Å². The van der Waals surface area contributed by atoms with Gasteiger partial charge >= 0.3 is 0 Å². The molecule has 0 N–H and O–H groups in total. The molecule has 0 aliphatic carbocycles. The van der Waals surface area contributed by atoms with Crippen molar-refractivity contribution in [2.75, 3.05) is 13.7 Å². The monoisotopic (exact) mass is 392 g/mol. The predicted octanol–water partition coefficient (Wildman–Crippen LogP) is 3.29. The summed E-state index contributed by atoms with van der Waals surface area (Å²) in [6.07, 6.45) is 2.46. The third kappa shape index (κ3) is 4.91. The molecule has 0 aromatic heterocycles. The van der Waals surface area contributed by atoms with Gasteiger partial charge < -0.3 is 4.74 Å². The Balaban J connectivity index is 2.36. The summed E-state index contributed by atoms with van der Waals surface area (Å²) in [5.74, 6) is 0. The molecule has 0 radical (unpaired) electrons. The number of sulfone groups is 2. The SMILES string of the molecule is COC/C(=C\C=C\S(=O)(=O)c1ccccc1)S(=O)(=O)c1ccc(C)cc1. The van der Waals surface area contributed by atoms with E-state index < -0.39 is 19.7 Å². The van der Waals surface area contributed by atoms with Crippen molar-refractivity contribution in [3.8, 4) is 0 Å². The summed E-state index contributed by atoms with van der Waals surface area (Å²) in [6.45, 7) is 1.70. The van der Waals surface area contributed by atoms with Crippen molar-refractivity contribution in [1.29, 1.82) is 0 Å². The molecule has 0 heterocycles. The first-order valence-electron chi connectivity index (χ1n) is 7.75. The Labute approximate surface area is 154 Å². The van der Waals surface area contributed by atoms with E-state index in [1.54, 1.807) is 30.3 Å². The van der Waals surface area contributed by atoms with Crippen LogP contribution in [0, 0.1) is 6.92 Å². The van der Waals surface area contributed by atoms with Crippen LogP contribution in [0.3, 0.4) is 0 Å². The number of aryl methyl sites for hydroxylation is 1. The summed E-state index contributed by atoms with van der Waals surface area (Å²) < 4.78 is 54.9. The van der Waals surface area contributed by atoms with Gasteiger partial charge in [0.25, 0.3) is 0 Å². The Hall–Kier alpha value is -2.22. The summed E-state index contributed by atoms with van der Waals surface area (Å²) in [7, 11) is -6.04. The summed E-state index contributed by atoms with van der Waals surface area (Å²) in [6, 6.07) is 14.3. The van der Waals surface area contributed by atoms with Gasteiger partial charge in [0, 0.05) is 12.5 Å². The van der Waals surface area contributed by atoms with Crippen LogP contribution >= 0.6 is 0 Å². The van der Waals surface area contributed by atoms with Gasteiger partial charge in [-0.15, -0.1) is 0 Å². The summed E-state index contributed by atoms with van der Waals surface area (Å²) in [4.78, 5) is 0.244. The maximum atomic E-state index is 12.7. The fourth-order valence-electron chi connectivity index (χ4n) is 2.17. The van der Waals surface area contributed by atoms with Gasteiger partial charge in [-0.3, -0.25) is 0 Å². The van der Waals surface area contributed by atoms with Gasteiger partial charge in [0.1, 0.15) is 0 Å². The largest absolute Gasteiger partial charge is 0.379 e. The number of ether oxygens (including phenoxy) is 1. The van der Waals surface area contributed by atoms with Crippen LogP contribution in [0.5, 0.6) is 0 Å². The third-order valence-corrected chi connectivity index (χ3v) is 6.86. The normalized spacial score (nSPS) is 13.2. The lowest BCUT2D eigenvalue weighted by Gasteiger charge is -2.08. The molecule has 0 amide bonds. The number of methoxy groups -OCH3 is 1. The molecule has 0 saturated heterocycles. The Morgan fingerprint density at radius 3 is 2.12 bits per heavy atom. The molecule has 0 atom stereocenters. The lowest BCUT2D eigenvalue weighted by molar-refractivity contribution is 0.230. The Morgan fingerprint density at radius 1 is 0.923 bits per heavy atom. The van der Waals surface area contributed by atoms with Gasteiger partial charge in [0.05, 0.1) is 21.3 Å². The molecule has 2 aromatic rings. The zero-order valence-corrected chi connectivity index (χ0v) is 16.1. The second-order valence-electron chi connectivity index (χ2n) is 5.57. The van der Waals surface area contributed by atoms with Crippen LogP contribution in [-0.4, -0.2) is 30.6 Å². The standard InChI is InChI=1S/C19H20O5S2/c1-16-10-12-18(13-11-16)26(22,23)19(15-24-2)9-6-14-25(20,21)17-7-4-3-5-8-17/h3-14H,15H2,1-2H3/b14-6+,19-9+. The zero-order valence-electron chi connectivity index (χ0n) is 14.5. The van der Waals surface area contributed by atoms with E-state index in [2.05, 4.69) is 0 Å². The molecule has 138 valence electrons. The number of allylic oxidation sites excluding steroid dienone is 2. The van der Waals surface area contributed by atoms with E-state index >= 15 is 0 Å². The highest BCUT2D eigenvalue weighted by atomic mass is 32.2. The van der Waals surface area contributed by atoms with Gasteiger partial charge in [-0.2, -0.15) is 0 Å². The van der Waals surface area contributed by atoms with Crippen LogP contribution in [0.4, 0.5) is 0 Å². The van der Waals surface area contributed by atoms with Crippen LogP contribution in [0.1, 0.15) is 5.56 Å². The first-order valence-corrected chi connectivity index (χ1v) is 10.8. The molecule has 5 nitrogen and oxygen atoms in total. The minimum absolute atomic E-state index is 0.0247. The van der Waals surface area contributed by atoms with Gasteiger partial charge in [0.2, 0.25) is 9.84 Å². The fourth-order valence-corrected chi connectivity index (χ4v) is 4.47. The third-order valence-electron chi connectivity index (χ3n) is 3.57. The highest BCUT2D eigenvalue weighted by Crippen LogP contribution is 2.20. The average Bonchev–Trinajstić information content (AvgIpc) is 2.62. The van der Waals surface area contributed by atoms with E-state index in [-0.39, 0.29) is 21.3 Å². The van der Waals surface area contributed by atoms with E-state index in [0.717, 1.165) is 11.0 Å². The molecule has 7 heteroatoms. The number of benzene rings is 2. The molecule has 0 fully saturated rings. The van der Waals surface area contributed by atoms with Crippen LogP contribution in [0.25, 0.3) is 0 Å². The van der Waals surface area contributed by atoms with Crippen molar-refractivity contribution in [2.24, 2.45) is 0 Å². The molecular weight excluding hydrogens is 372 g/mol. The molecule has 0 saturated carbocycles. The van der Waals surface area contributed by atoms with Crippen LogP contribution < -0.4 is 0 Å². The molecular formula is C19H20O5S2. The molecule has 0 bridgehead atoms. The lowest BCUT2D eigenvalue weighted by Crippen LogP contribution is -2.09. The summed E-state index contributed by atoms with van der Waals surface area (Å²) >= 11 is 0. The van der Waals surface area contributed by atoms with Crippen molar-refractivity contribution >= 4 is 19.7 Å². The summed E-state index contributed by atoms with van der Waals surface area (Å²) in [5.41, 5.74) is 0.940. The van der Waals surface area contributed by atoms with E-state index in [1.807, 2.05) is 6.92 Å². The van der Waals surface area contributed by atoms with Gasteiger partial charge in [0.15, 0.2) is 9.84 Å². The maximum Gasteiger partial charge on any atom is 0.205 e. The molecule has 0 aliphatic rings. The minimum atomic E-state index is -3.77. The van der Waals surface area contributed by atoms with Crippen molar-refractivity contribution < 1.29 is 21.6 Å². The van der Waals surface area contributed by atoms with E-state index in [4.69, 9.17) is 4.74 Å². The highest BCUT2D eigenvalue weighted by Gasteiger charge is 2.20. The zero-order chi connectivity index (χ0) is 19.2. The Morgan fingerprint density at radius 2 is 1.54 bits per heavy atom. The molecule has 2 rings (SSSR count). The van der Waals surface area contributed by atoms with Crippen molar-refractivity contribution in [2.45, 2.75) is 16.7 Å². The van der Waals surface area contributed by atoms with Crippen LogP contribution in [-0.2, 0) is 24.4 Å². The van der Waals surface area contributed by atoms with E-state index in [0.29, 0.717) is 0 Å². The quantitative estimate of drug-likeness (QED) is 0.676. The second kappa shape index (κ2) is 8.44. The average molecular weight is 392 g/mol. The second-order valence-corrected chi connectivity index (χ2v) is 9.41. The molecule has 2 aromatic carbocycles. The predicted molar refractivity (Wildman–Crippen MR) is 101 cm³/mol. The Kier molecular flexibility index (Phi) is 6.52. The number of rotatable bonds is 7. The molecule has 0 aliphatic heterocycles. The molecule has 0 spiro atoms. The lowest BCUT2D eigenvalue weighted by atomic mass is 10.2. The Bertz CT molecular complexity index is 1000. The van der Waals surface area contributed by atoms with Crippen molar-refractivity contribution in [1.82, 2.24) is 0 Å². The highest BCUT2D eigenvalue weighted by molar-refractivity contribution is 7.95. The first-order chi connectivity index (χ1) is 12.3. The molecule has 0 unspecified atom stereocenters. The van der Waals surface area contributed by atoms with Crippen molar-refractivity contribution in [3.63, 3.8) is 0 Å². The number of hydrogen-bond acceptors (Lipinski definition) is 5. The van der Waals surface area contributed by atoms with E-state index in [9.17, 15) is 16.8 Å². The topological polar surface area (TPSA) is 77.5 Å². The van der Waals surface area contributed by atoms with Gasteiger partial charge in [-0.25, -0.2) is 16.8 Å². The fraction of sp³-hybridized carbons (Fsp3) is 0.158. The smallest absolute Gasteiger partial charge is 0.205 e. The van der Waals surface area contributed by atoms with Crippen molar-refractivity contribution in [3.05, 3.63) is 82.6 Å². The minimum Gasteiger partial charge on any atom is -0.379 e. The molecule has 26 heavy (non-hydrogen) atoms. The van der Waals surface area contributed by atoms with Crippen LogP contribution in [0.15, 0.2) is 86.9 Å². The van der Waals surface area contributed by atoms with Crippen LogP contribution in [0.2, 0.25) is 0 Å². The number of hydrogen-bond donors (Lipinski definition) is 0. The van der Waals surface area contributed by atoms with E-state index in [1.165, 1.54) is 43.5 Å².